The van der Waals surface area contributed by atoms with Gasteiger partial charge < -0.3 is 4.98 Å². The molecule has 3 rings (SSSR count). The van der Waals surface area contributed by atoms with Gasteiger partial charge in [-0.3, -0.25) is 0 Å². The number of H-pyrrole nitrogens is 1. The molecule has 1 N–H and O–H groups in total. The summed E-state index contributed by atoms with van der Waals surface area (Å²) < 4.78 is 0. The van der Waals surface area contributed by atoms with Gasteiger partial charge in [-0.15, -0.1) is 0 Å². The van der Waals surface area contributed by atoms with Crippen LogP contribution < -0.4 is 0 Å². The molecular weight excluding hydrogens is 242 g/mol. The first-order valence-corrected chi connectivity index (χ1v) is 6.80. The zero-order valence-corrected chi connectivity index (χ0v) is 11.5. The van der Waals surface area contributed by atoms with Crippen LogP contribution >= 0.6 is 0 Å². The predicted octanol–water partition coefficient (Wildman–Crippen LogP) is 5.16. The van der Waals surface area contributed by atoms with Crippen LogP contribution in [0.2, 0.25) is 0 Å². The molecule has 0 saturated heterocycles. The van der Waals surface area contributed by atoms with Crippen LogP contribution in [-0.2, 0) is 0 Å². The van der Waals surface area contributed by atoms with Gasteiger partial charge in [0.25, 0.3) is 0 Å². The Bertz CT molecular complexity index is 704. The summed E-state index contributed by atoms with van der Waals surface area (Å²) in [6.45, 7) is 2.11. The second kappa shape index (κ2) is 5.62. The van der Waals surface area contributed by atoms with Crippen molar-refractivity contribution in [1.29, 1.82) is 0 Å². The minimum Gasteiger partial charge on any atom is -0.361 e. The van der Waals surface area contributed by atoms with Gasteiger partial charge in [0.15, 0.2) is 0 Å². The fraction of sp³-hybridized carbons (Fsp3) is 0.0526. The molecule has 3 aromatic rings. The van der Waals surface area contributed by atoms with E-state index in [0.29, 0.717) is 0 Å². The average Bonchev–Trinajstić information content (AvgIpc) is 3.01. The van der Waals surface area contributed by atoms with E-state index in [4.69, 9.17) is 0 Å². The number of nitrogens with one attached hydrogen (secondary N) is 1. The highest BCUT2D eigenvalue weighted by Gasteiger charge is 2.01. The van der Waals surface area contributed by atoms with E-state index in [-0.39, 0.29) is 0 Å². The Hall–Kier alpha value is -2.54. The van der Waals surface area contributed by atoms with Crippen molar-refractivity contribution in [2.45, 2.75) is 6.92 Å². The predicted molar refractivity (Wildman–Crippen MR) is 86.3 cm³/mol. The highest BCUT2D eigenvalue weighted by molar-refractivity contribution is 5.79. The largest absolute Gasteiger partial charge is 0.361 e. The molecule has 20 heavy (non-hydrogen) atoms. The number of aromatic amines is 1. The van der Waals surface area contributed by atoms with Gasteiger partial charge in [-0.2, -0.15) is 0 Å². The molecule has 1 heteroatoms. The van der Waals surface area contributed by atoms with Crippen LogP contribution in [0.1, 0.15) is 16.7 Å². The molecule has 0 atom stereocenters. The molecule has 0 aliphatic heterocycles. The Morgan fingerprint density at radius 3 is 2.35 bits per heavy atom. The second-order valence-corrected chi connectivity index (χ2v) is 4.92. The van der Waals surface area contributed by atoms with Crippen molar-refractivity contribution in [2.75, 3.05) is 0 Å². The first kappa shape index (κ1) is 12.5. The number of benzene rings is 2. The van der Waals surface area contributed by atoms with Crippen LogP contribution in [0.4, 0.5) is 0 Å². The summed E-state index contributed by atoms with van der Waals surface area (Å²) in [5.74, 6) is 0. The van der Waals surface area contributed by atoms with Gasteiger partial charge in [0.2, 0.25) is 0 Å². The van der Waals surface area contributed by atoms with Gasteiger partial charge >= 0.3 is 0 Å². The van der Waals surface area contributed by atoms with Gasteiger partial charge in [-0.1, -0.05) is 66.2 Å². The van der Waals surface area contributed by atoms with Gasteiger partial charge in [0.05, 0.1) is 0 Å². The number of rotatable bonds is 3. The second-order valence-electron chi connectivity index (χ2n) is 4.92. The molecule has 0 fully saturated rings. The molecule has 0 aliphatic rings. The van der Waals surface area contributed by atoms with Gasteiger partial charge in [-0.05, 0) is 30.2 Å². The number of aryl methyl sites for hydroxylation is 1. The summed E-state index contributed by atoms with van der Waals surface area (Å²) in [7, 11) is 0. The van der Waals surface area contributed by atoms with E-state index in [9.17, 15) is 0 Å². The van der Waals surface area contributed by atoms with E-state index in [1.807, 2.05) is 12.3 Å². The van der Waals surface area contributed by atoms with Crippen LogP contribution in [-0.4, -0.2) is 4.98 Å². The molecule has 1 nitrogen and oxygen atoms in total. The van der Waals surface area contributed by atoms with Crippen LogP contribution in [0, 0.1) is 6.92 Å². The lowest BCUT2D eigenvalue weighted by Crippen LogP contribution is -1.82. The van der Waals surface area contributed by atoms with Crippen molar-refractivity contribution < 1.29 is 0 Å². The zero-order chi connectivity index (χ0) is 13.8. The molecule has 98 valence electrons. The lowest BCUT2D eigenvalue weighted by Gasteiger charge is -2.04. The van der Waals surface area contributed by atoms with Gasteiger partial charge in [0, 0.05) is 17.5 Å². The Morgan fingerprint density at radius 1 is 0.800 bits per heavy atom. The monoisotopic (exact) mass is 259 g/mol. The fourth-order valence-electron chi connectivity index (χ4n) is 2.25. The first-order valence-electron chi connectivity index (χ1n) is 6.80. The Balaban J connectivity index is 1.93. The van der Waals surface area contributed by atoms with Crippen molar-refractivity contribution in [3.63, 3.8) is 0 Å². The summed E-state index contributed by atoms with van der Waals surface area (Å²) in [4.78, 5) is 3.27. The molecule has 0 unspecified atom stereocenters. The SMILES string of the molecule is Cc1ccc(/C=C/c2ccccc2-c2ccc[nH]2)cc1. The topological polar surface area (TPSA) is 15.8 Å². The summed E-state index contributed by atoms with van der Waals surface area (Å²) in [6, 6.07) is 21.1. The van der Waals surface area contributed by atoms with E-state index in [1.165, 1.54) is 22.3 Å². The maximum Gasteiger partial charge on any atom is 0.0459 e. The van der Waals surface area contributed by atoms with Crippen molar-refractivity contribution in [2.24, 2.45) is 0 Å². The third-order valence-corrected chi connectivity index (χ3v) is 3.38. The van der Waals surface area contributed by atoms with E-state index in [2.05, 4.69) is 78.7 Å². The molecule has 1 aromatic heterocycles. The van der Waals surface area contributed by atoms with E-state index in [0.717, 1.165) is 5.69 Å². The van der Waals surface area contributed by atoms with Crippen molar-refractivity contribution >= 4 is 12.2 Å². The minimum atomic E-state index is 1.15. The quantitative estimate of drug-likeness (QED) is 0.625. The van der Waals surface area contributed by atoms with Crippen LogP contribution in [0.3, 0.4) is 0 Å². The number of aromatic nitrogens is 1. The molecule has 0 amide bonds. The van der Waals surface area contributed by atoms with E-state index < -0.39 is 0 Å². The normalized spacial score (nSPS) is 11.1. The zero-order valence-electron chi connectivity index (χ0n) is 11.5. The molecule has 0 bridgehead atoms. The van der Waals surface area contributed by atoms with Crippen LogP contribution in [0.5, 0.6) is 0 Å². The number of hydrogen-bond donors (Lipinski definition) is 1. The lowest BCUT2D eigenvalue weighted by molar-refractivity contribution is 1.40. The smallest absolute Gasteiger partial charge is 0.0459 e. The first-order chi connectivity index (χ1) is 9.83. The Morgan fingerprint density at radius 2 is 1.60 bits per heavy atom. The summed E-state index contributed by atoms with van der Waals surface area (Å²) in [6.07, 6.45) is 6.28. The third-order valence-electron chi connectivity index (χ3n) is 3.38. The van der Waals surface area contributed by atoms with Crippen molar-refractivity contribution in [3.05, 3.63) is 83.6 Å². The summed E-state index contributed by atoms with van der Waals surface area (Å²) in [5, 5.41) is 0. The van der Waals surface area contributed by atoms with Gasteiger partial charge in [0.1, 0.15) is 0 Å². The average molecular weight is 259 g/mol. The van der Waals surface area contributed by atoms with Crippen molar-refractivity contribution in [1.82, 2.24) is 4.98 Å². The lowest BCUT2D eigenvalue weighted by atomic mass is 10.0. The molecule has 0 saturated carbocycles. The number of hydrogen-bond acceptors (Lipinski definition) is 0. The molecular formula is C19H17N. The highest BCUT2D eigenvalue weighted by Crippen LogP contribution is 2.23. The van der Waals surface area contributed by atoms with E-state index >= 15 is 0 Å². The van der Waals surface area contributed by atoms with Crippen LogP contribution in [0.25, 0.3) is 23.4 Å². The van der Waals surface area contributed by atoms with Gasteiger partial charge in [-0.25, -0.2) is 0 Å². The maximum absolute atomic E-state index is 3.27. The summed E-state index contributed by atoms with van der Waals surface area (Å²) in [5.41, 5.74) is 6.09. The third kappa shape index (κ3) is 2.72. The minimum absolute atomic E-state index is 1.15. The van der Waals surface area contributed by atoms with Crippen LogP contribution in [0.15, 0.2) is 66.9 Å². The summed E-state index contributed by atoms with van der Waals surface area (Å²) >= 11 is 0. The molecule has 0 aliphatic carbocycles. The Labute approximate surface area is 119 Å². The fourth-order valence-corrected chi connectivity index (χ4v) is 2.25. The van der Waals surface area contributed by atoms with E-state index in [1.54, 1.807) is 0 Å². The maximum atomic E-state index is 3.27. The van der Waals surface area contributed by atoms with Crippen molar-refractivity contribution in [3.8, 4) is 11.3 Å². The highest BCUT2D eigenvalue weighted by atomic mass is 14.7. The standard InChI is InChI=1S/C19H17N/c1-15-8-10-16(11-9-15)12-13-17-5-2-3-6-18(17)19-7-4-14-20-19/h2-14,20H,1H3/b13-12+. The molecule has 1 heterocycles. The molecule has 0 radical (unpaired) electrons. The molecule has 0 spiro atoms. The molecule has 2 aromatic carbocycles. The Kier molecular flexibility index (Phi) is 3.51.